The Bertz CT molecular complexity index is 843. The molecule has 1 saturated heterocycles. The van der Waals surface area contributed by atoms with Crippen molar-refractivity contribution in [1.82, 2.24) is 19.7 Å². The van der Waals surface area contributed by atoms with Crippen molar-refractivity contribution in [3.63, 3.8) is 0 Å². The summed E-state index contributed by atoms with van der Waals surface area (Å²) in [6, 6.07) is 0. The quantitative estimate of drug-likeness (QED) is 0.637. The average molecular weight is 404 g/mol. The third-order valence-electron chi connectivity index (χ3n) is 4.54. The fraction of sp³-hybridized carbons (Fsp3) is 0.562. The molecule has 1 aliphatic heterocycles. The topological polar surface area (TPSA) is 97.1 Å². The van der Waals surface area contributed by atoms with Crippen molar-refractivity contribution in [1.29, 1.82) is 0 Å². The van der Waals surface area contributed by atoms with E-state index < -0.39 is 30.2 Å². The van der Waals surface area contributed by atoms with Crippen molar-refractivity contribution in [3.05, 3.63) is 23.7 Å². The van der Waals surface area contributed by atoms with Crippen LogP contribution in [0.1, 0.15) is 24.6 Å². The SMILES string of the molecule is CCNc1nc(Nc2cn([C@@]3(CF)CCOC3O)nc2C)ncc1C(F)(F)F. The maximum absolute atomic E-state index is 13.7. The van der Waals surface area contributed by atoms with Gasteiger partial charge < -0.3 is 20.5 Å². The molecule has 0 aromatic carbocycles. The fourth-order valence-corrected chi connectivity index (χ4v) is 2.93. The molecule has 3 heterocycles. The third kappa shape index (κ3) is 3.61. The van der Waals surface area contributed by atoms with Gasteiger partial charge in [0, 0.05) is 25.4 Å². The summed E-state index contributed by atoms with van der Waals surface area (Å²) < 4.78 is 59.2. The lowest BCUT2D eigenvalue weighted by Gasteiger charge is -2.28. The van der Waals surface area contributed by atoms with Gasteiger partial charge in [-0.15, -0.1) is 0 Å². The highest BCUT2D eigenvalue weighted by Gasteiger charge is 2.46. The van der Waals surface area contributed by atoms with Gasteiger partial charge in [0.2, 0.25) is 5.95 Å². The van der Waals surface area contributed by atoms with Crippen LogP contribution in [-0.4, -0.2) is 51.0 Å². The first kappa shape index (κ1) is 20.3. The molecule has 1 aliphatic rings. The molecule has 28 heavy (non-hydrogen) atoms. The predicted molar refractivity (Wildman–Crippen MR) is 92.0 cm³/mol. The Kier molecular flexibility index (Phi) is 5.44. The average Bonchev–Trinajstić information content (AvgIpc) is 3.18. The summed E-state index contributed by atoms with van der Waals surface area (Å²) in [5.41, 5.74) is -1.52. The summed E-state index contributed by atoms with van der Waals surface area (Å²) in [6.07, 6.45) is -3.59. The Morgan fingerprint density at radius 3 is 2.75 bits per heavy atom. The number of aromatic nitrogens is 4. The van der Waals surface area contributed by atoms with Crippen molar-refractivity contribution < 1.29 is 27.4 Å². The number of ether oxygens (including phenoxy) is 1. The lowest BCUT2D eigenvalue weighted by molar-refractivity contribution is -0.137. The van der Waals surface area contributed by atoms with E-state index in [1.54, 1.807) is 13.8 Å². The molecule has 0 spiro atoms. The Hall–Kier alpha value is -2.47. The number of halogens is 4. The van der Waals surface area contributed by atoms with Crippen molar-refractivity contribution in [2.75, 3.05) is 30.5 Å². The second kappa shape index (κ2) is 7.51. The zero-order chi connectivity index (χ0) is 20.5. The van der Waals surface area contributed by atoms with Gasteiger partial charge in [0.25, 0.3) is 0 Å². The van der Waals surface area contributed by atoms with Gasteiger partial charge in [-0.2, -0.15) is 23.3 Å². The van der Waals surface area contributed by atoms with E-state index in [4.69, 9.17) is 4.74 Å². The molecule has 0 saturated carbocycles. The predicted octanol–water partition coefficient (Wildman–Crippen LogP) is 2.58. The first-order valence-corrected chi connectivity index (χ1v) is 8.59. The number of aliphatic hydroxyl groups is 1. The van der Waals surface area contributed by atoms with Crippen LogP contribution in [0, 0.1) is 6.92 Å². The minimum atomic E-state index is -4.59. The molecular formula is C16H20F4N6O2. The van der Waals surface area contributed by atoms with E-state index in [1.807, 2.05) is 0 Å². The van der Waals surface area contributed by atoms with Gasteiger partial charge in [-0.1, -0.05) is 0 Å². The normalized spacial score (nSPS) is 22.5. The summed E-state index contributed by atoms with van der Waals surface area (Å²) in [4.78, 5) is 7.60. The summed E-state index contributed by atoms with van der Waals surface area (Å²) in [7, 11) is 0. The molecule has 1 fully saturated rings. The first-order chi connectivity index (χ1) is 13.2. The molecule has 0 aliphatic carbocycles. The molecule has 0 radical (unpaired) electrons. The molecule has 2 aromatic heterocycles. The van der Waals surface area contributed by atoms with E-state index in [1.165, 1.54) is 10.9 Å². The van der Waals surface area contributed by atoms with E-state index in [2.05, 4.69) is 25.7 Å². The van der Waals surface area contributed by atoms with Crippen LogP contribution in [-0.2, 0) is 16.5 Å². The van der Waals surface area contributed by atoms with Crippen LogP contribution in [0.3, 0.4) is 0 Å². The molecule has 2 atom stereocenters. The van der Waals surface area contributed by atoms with Crippen LogP contribution >= 0.6 is 0 Å². The molecule has 3 N–H and O–H groups in total. The lowest BCUT2D eigenvalue weighted by atomic mass is 9.99. The number of hydrogen-bond donors (Lipinski definition) is 3. The molecule has 154 valence electrons. The largest absolute Gasteiger partial charge is 0.421 e. The van der Waals surface area contributed by atoms with Crippen LogP contribution in [0.25, 0.3) is 0 Å². The van der Waals surface area contributed by atoms with E-state index in [-0.39, 0.29) is 31.3 Å². The second-order valence-corrected chi connectivity index (χ2v) is 6.39. The Labute approximate surface area is 157 Å². The number of nitrogens with one attached hydrogen (secondary N) is 2. The van der Waals surface area contributed by atoms with Crippen molar-refractivity contribution in [2.24, 2.45) is 0 Å². The van der Waals surface area contributed by atoms with Gasteiger partial charge in [0.15, 0.2) is 6.29 Å². The second-order valence-electron chi connectivity index (χ2n) is 6.39. The van der Waals surface area contributed by atoms with E-state index in [0.29, 0.717) is 17.6 Å². The maximum Gasteiger partial charge on any atom is 0.421 e. The minimum absolute atomic E-state index is 0.0795. The number of aryl methyl sites for hydroxylation is 1. The highest BCUT2D eigenvalue weighted by Crippen LogP contribution is 2.36. The molecule has 2 aromatic rings. The van der Waals surface area contributed by atoms with Crippen LogP contribution in [0.4, 0.5) is 35.0 Å². The smallest absolute Gasteiger partial charge is 0.370 e. The van der Waals surface area contributed by atoms with Crippen LogP contribution < -0.4 is 10.6 Å². The standard InChI is InChI=1S/C16H20F4N6O2/c1-3-21-12-10(16(18,19)20)6-22-14(24-12)23-11-7-26(25-9(11)2)15(8-17)4-5-28-13(15)27/h6-7,13,27H,3-5,8H2,1-2H3,(H2,21,22,23,24)/t13?,15-/m1/s1. The van der Waals surface area contributed by atoms with Crippen LogP contribution in [0.5, 0.6) is 0 Å². The number of nitrogens with zero attached hydrogens (tertiary/aromatic N) is 4. The molecule has 12 heteroatoms. The molecular weight excluding hydrogens is 384 g/mol. The van der Waals surface area contributed by atoms with Crippen molar-refractivity contribution in [3.8, 4) is 0 Å². The monoisotopic (exact) mass is 404 g/mol. The maximum atomic E-state index is 13.7. The highest BCUT2D eigenvalue weighted by atomic mass is 19.4. The minimum Gasteiger partial charge on any atom is -0.370 e. The van der Waals surface area contributed by atoms with Gasteiger partial charge in [0.05, 0.1) is 18.0 Å². The Balaban J connectivity index is 1.90. The lowest BCUT2D eigenvalue weighted by Crippen LogP contribution is -2.44. The summed E-state index contributed by atoms with van der Waals surface area (Å²) in [6.45, 7) is 2.81. The van der Waals surface area contributed by atoms with Gasteiger partial charge in [-0.3, -0.25) is 4.68 Å². The number of alkyl halides is 4. The van der Waals surface area contributed by atoms with E-state index >= 15 is 0 Å². The summed E-state index contributed by atoms with van der Waals surface area (Å²) >= 11 is 0. The van der Waals surface area contributed by atoms with Gasteiger partial charge in [0.1, 0.15) is 23.6 Å². The van der Waals surface area contributed by atoms with Gasteiger partial charge in [-0.25, -0.2) is 9.37 Å². The molecule has 3 rings (SSSR count). The molecule has 0 amide bonds. The number of hydrogen-bond acceptors (Lipinski definition) is 7. The fourth-order valence-electron chi connectivity index (χ4n) is 2.93. The number of rotatable bonds is 6. The third-order valence-corrected chi connectivity index (χ3v) is 4.54. The van der Waals surface area contributed by atoms with E-state index in [0.717, 1.165) is 0 Å². The zero-order valence-corrected chi connectivity index (χ0v) is 15.2. The number of anilines is 3. The van der Waals surface area contributed by atoms with Gasteiger partial charge >= 0.3 is 6.18 Å². The van der Waals surface area contributed by atoms with Crippen LogP contribution in [0.15, 0.2) is 12.4 Å². The van der Waals surface area contributed by atoms with Crippen LogP contribution in [0.2, 0.25) is 0 Å². The summed E-state index contributed by atoms with van der Waals surface area (Å²) in [5.74, 6) is -0.429. The Morgan fingerprint density at radius 1 is 1.43 bits per heavy atom. The summed E-state index contributed by atoms with van der Waals surface area (Å²) in [5, 5.41) is 19.6. The zero-order valence-electron chi connectivity index (χ0n) is 15.2. The van der Waals surface area contributed by atoms with E-state index in [9.17, 15) is 22.7 Å². The first-order valence-electron chi connectivity index (χ1n) is 8.59. The van der Waals surface area contributed by atoms with Gasteiger partial charge in [-0.05, 0) is 13.8 Å². The molecule has 1 unspecified atom stereocenters. The van der Waals surface area contributed by atoms with Crippen molar-refractivity contribution in [2.45, 2.75) is 38.3 Å². The molecule has 0 bridgehead atoms. The highest BCUT2D eigenvalue weighted by molar-refractivity contribution is 5.58. The number of aliphatic hydroxyl groups excluding tert-OH is 1. The molecule has 8 nitrogen and oxygen atoms in total. The van der Waals surface area contributed by atoms with Crippen molar-refractivity contribution >= 4 is 17.5 Å². The Morgan fingerprint density at radius 2 is 2.18 bits per heavy atom.